The molecule has 1 N–H and O–H groups in total. The van der Waals surface area contributed by atoms with Crippen LogP contribution in [0.2, 0.25) is 10.0 Å². The fourth-order valence-electron chi connectivity index (χ4n) is 3.24. The lowest BCUT2D eigenvalue weighted by atomic mass is 10.1. The molecule has 2 amide bonds. The number of urea groups is 1. The Balaban J connectivity index is 1.56. The number of rotatable bonds is 3. The molecule has 0 aliphatic carbocycles. The van der Waals surface area contributed by atoms with Gasteiger partial charge in [0.25, 0.3) is 0 Å². The van der Waals surface area contributed by atoms with Crippen molar-refractivity contribution < 1.29 is 4.79 Å². The molecule has 1 saturated heterocycles. The topological polar surface area (TPSA) is 35.6 Å². The second-order valence-corrected chi connectivity index (χ2v) is 7.54. The van der Waals surface area contributed by atoms with E-state index in [9.17, 15) is 4.79 Å². The van der Waals surface area contributed by atoms with Crippen LogP contribution in [0.3, 0.4) is 0 Å². The van der Waals surface area contributed by atoms with E-state index in [0.29, 0.717) is 23.8 Å². The summed E-state index contributed by atoms with van der Waals surface area (Å²) in [4.78, 5) is 16.7. The van der Waals surface area contributed by atoms with Crippen molar-refractivity contribution in [3.8, 4) is 0 Å². The van der Waals surface area contributed by atoms with Gasteiger partial charge in [-0.15, -0.1) is 0 Å². The van der Waals surface area contributed by atoms with Crippen molar-refractivity contribution in [2.75, 3.05) is 31.5 Å². The Hall–Kier alpha value is -1.75. The van der Waals surface area contributed by atoms with Gasteiger partial charge in [0.2, 0.25) is 0 Å². The maximum absolute atomic E-state index is 12.6. The monoisotopic (exact) mass is 391 g/mol. The number of benzene rings is 2. The van der Waals surface area contributed by atoms with Crippen LogP contribution in [0.25, 0.3) is 0 Å². The maximum atomic E-state index is 12.6. The molecule has 0 radical (unpaired) electrons. The molecule has 1 aliphatic rings. The molecule has 138 valence electrons. The summed E-state index contributed by atoms with van der Waals surface area (Å²) in [6.45, 7) is 7.74. The molecule has 2 aromatic rings. The number of halogens is 2. The molecule has 26 heavy (non-hydrogen) atoms. The predicted molar refractivity (Wildman–Crippen MR) is 108 cm³/mol. The van der Waals surface area contributed by atoms with Crippen LogP contribution in [0.5, 0.6) is 0 Å². The van der Waals surface area contributed by atoms with Gasteiger partial charge in [0.15, 0.2) is 0 Å². The van der Waals surface area contributed by atoms with E-state index in [0.717, 1.165) is 41.3 Å². The largest absolute Gasteiger partial charge is 0.322 e. The molecule has 4 nitrogen and oxygen atoms in total. The third-order valence-electron chi connectivity index (χ3n) is 4.67. The van der Waals surface area contributed by atoms with Crippen LogP contribution in [0.1, 0.15) is 16.7 Å². The molecular weight excluding hydrogens is 369 g/mol. The van der Waals surface area contributed by atoms with Crippen LogP contribution in [-0.4, -0.2) is 42.0 Å². The van der Waals surface area contributed by atoms with E-state index in [4.69, 9.17) is 23.2 Å². The van der Waals surface area contributed by atoms with Crippen molar-refractivity contribution in [1.82, 2.24) is 9.80 Å². The number of carbonyl (C=O) groups is 1. The zero-order valence-corrected chi connectivity index (χ0v) is 16.6. The number of amides is 2. The first-order chi connectivity index (χ1) is 12.4. The highest BCUT2D eigenvalue weighted by molar-refractivity contribution is 6.34. The van der Waals surface area contributed by atoms with E-state index >= 15 is 0 Å². The van der Waals surface area contributed by atoms with Gasteiger partial charge in [-0.2, -0.15) is 0 Å². The van der Waals surface area contributed by atoms with Crippen molar-refractivity contribution in [2.24, 2.45) is 0 Å². The van der Waals surface area contributed by atoms with Gasteiger partial charge in [-0.05, 0) is 42.7 Å². The van der Waals surface area contributed by atoms with E-state index < -0.39 is 0 Å². The normalized spacial score (nSPS) is 15.2. The first kappa shape index (κ1) is 19.0. The molecular formula is C20H23Cl2N3O. The summed E-state index contributed by atoms with van der Waals surface area (Å²) in [6, 6.07) is 11.7. The summed E-state index contributed by atoms with van der Waals surface area (Å²) < 4.78 is 0. The number of hydrogen-bond acceptors (Lipinski definition) is 2. The van der Waals surface area contributed by atoms with E-state index in [1.54, 1.807) is 0 Å². The van der Waals surface area contributed by atoms with Gasteiger partial charge in [-0.3, -0.25) is 4.90 Å². The number of nitrogens with one attached hydrogen (secondary N) is 1. The van der Waals surface area contributed by atoms with Crippen molar-refractivity contribution in [3.05, 3.63) is 63.1 Å². The quantitative estimate of drug-likeness (QED) is 0.802. The van der Waals surface area contributed by atoms with E-state index in [-0.39, 0.29) is 6.03 Å². The van der Waals surface area contributed by atoms with Crippen LogP contribution >= 0.6 is 23.2 Å². The van der Waals surface area contributed by atoms with Gasteiger partial charge in [0, 0.05) is 37.7 Å². The molecule has 1 aliphatic heterocycles. The Labute approximate surface area is 164 Å². The molecule has 2 aromatic carbocycles. The Kier molecular flexibility index (Phi) is 6.07. The fraction of sp³-hybridized carbons (Fsp3) is 0.350. The first-order valence-electron chi connectivity index (χ1n) is 8.72. The van der Waals surface area contributed by atoms with E-state index in [2.05, 4.69) is 10.2 Å². The van der Waals surface area contributed by atoms with Crippen molar-refractivity contribution >= 4 is 34.9 Å². The highest BCUT2D eigenvalue weighted by Gasteiger charge is 2.22. The van der Waals surface area contributed by atoms with Crippen molar-refractivity contribution in [1.29, 1.82) is 0 Å². The molecule has 0 aromatic heterocycles. The standard InChI is InChI=1S/C20H23Cl2N3O/c1-14-11-15(2)19(18(22)12-14)23-20(26)25-9-7-24(8-10-25)13-16-5-3-4-6-17(16)21/h3-6,11-12H,7-10,13H2,1-2H3,(H,23,26). The SMILES string of the molecule is Cc1cc(C)c(NC(=O)N2CCN(Cc3ccccc3Cl)CC2)c(Cl)c1. The summed E-state index contributed by atoms with van der Waals surface area (Å²) >= 11 is 12.5. The minimum atomic E-state index is -0.101. The van der Waals surface area contributed by atoms with Gasteiger partial charge < -0.3 is 10.2 Å². The van der Waals surface area contributed by atoms with Gasteiger partial charge in [-0.25, -0.2) is 4.79 Å². The third kappa shape index (κ3) is 4.50. The average Bonchev–Trinajstić information content (AvgIpc) is 2.60. The van der Waals surface area contributed by atoms with Crippen molar-refractivity contribution in [3.63, 3.8) is 0 Å². The smallest absolute Gasteiger partial charge is 0.321 e. The van der Waals surface area contributed by atoms with Gasteiger partial charge in [-0.1, -0.05) is 47.5 Å². The molecule has 6 heteroatoms. The molecule has 0 spiro atoms. The van der Waals surface area contributed by atoms with Crippen LogP contribution in [-0.2, 0) is 6.54 Å². The Morgan fingerprint density at radius 1 is 1.04 bits per heavy atom. The molecule has 1 fully saturated rings. The molecule has 3 rings (SSSR count). The molecule has 0 atom stereocenters. The summed E-state index contributed by atoms with van der Waals surface area (Å²) in [7, 11) is 0. The fourth-order valence-corrected chi connectivity index (χ4v) is 3.80. The average molecular weight is 392 g/mol. The highest BCUT2D eigenvalue weighted by Crippen LogP contribution is 2.27. The van der Waals surface area contributed by atoms with Crippen LogP contribution in [0, 0.1) is 13.8 Å². The van der Waals surface area contributed by atoms with Crippen LogP contribution < -0.4 is 5.32 Å². The molecule has 0 unspecified atom stereocenters. The summed E-state index contributed by atoms with van der Waals surface area (Å²) in [5.74, 6) is 0. The lowest BCUT2D eigenvalue weighted by molar-refractivity contribution is 0.143. The van der Waals surface area contributed by atoms with Crippen LogP contribution in [0.4, 0.5) is 10.5 Å². The summed E-state index contributed by atoms with van der Waals surface area (Å²) in [6.07, 6.45) is 0. The zero-order chi connectivity index (χ0) is 18.7. The third-order valence-corrected chi connectivity index (χ3v) is 5.34. The lowest BCUT2D eigenvalue weighted by Gasteiger charge is -2.35. The van der Waals surface area contributed by atoms with Crippen LogP contribution in [0.15, 0.2) is 36.4 Å². The minimum absolute atomic E-state index is 0.101. The predicted octanol–water partition coefficient (Wildman–Crippen LogP) is 4.96. The number of piperazine rings is 1. The minimum Gasteiger partial charge on any atom is -0.322 e. The number of anilines is 1. The Bertz CT molecular complexity index is 778. The molecule has 0 saturated carbocycles. The lowest BCUT2D eigenvalue weighted by Crippen LogP contribution is -2.49. The van der Waals surface area contributed by atoms with E-state index in [1.165, 1.54) is 0 Å². The number of aryl methyl sites for hydroxylation is 2. The van der Waals surface area contributed by atoms with Gasteiger partial charge >= 0.3 is 6.03 Å². The summed E-state index contributed by atoms with van der Waals surface area (Å²) in [5, 5.41) is 4.33. The second kappa shape index (κ2) is 8.30. The first-order valence-corrected chi connectivity index (χ1v) is 9.48. The molecule has 0 bridgehead atoms. The Morgan fingerprint density at radius 2 is 1.73 bits per heavy atom. The van der Waals surface area contributed by atoms with Crippen molar-refractivity contribution in [2.45, 2.75) is 20.4 Å². The highest BCUT2D eigenvalue weighted by atomic mass is 35.5. The Morgan fingerprint density at radius 3 is 2.38 bits per heavy atom. The second-order valence-electron chi connectivity index (χ2n) is 6.72. The zero-order valence-electron chi connectivity index (χ0n) is 15.1. The maximum Gasteiger partial charge on any atom is 0.321 e. The number of hydrogen-bond donors (Lipinski definition) is 1. The number of carbonyl (C=O) groups excluding carboxylic acids is 1. The van der Waals surface area contributed by atoms with Gasteiger partial charge in [0.1, 0.15) is 0 Å². The van der Waals surface area contributed by atoms with E-state index in [1.807, 2.05) is 55.1 Å². The summed E-state index contributed by atoms with van der Waals surface area (Å²) in [5.41, 5.74) is 3.87. The molecule has 1 heterocycles. The number of nitrogens with zero attached hydrogens (tertiary/aromatic N) is 2. The van der Waals surface area contributed by atoms with Gasteiger partial charge in [0.05, 0.1) is 10.7 Å².